The largest absolute Gasteiger partial charge is 0.497 e. The molecule has 2 N–H and O–H groups in total. The number of ketones is 1. The van der Waals surface area contributed by atoms with Crippen LogP contribution in [0.2, 0.25) is 0 Å². The van der Waals surface area contributed by atoms with Gasteiger partial charge in [-0.1, -0.05) is 13.8 Å². The smallest absolute Gasteiger partial charge is 0.258 e. The molecule has 0 fully saturated rings. The number of fused-ring (bicyclic) bond motifs is 1. The molecule has 0 bridgehead atoms. The number of hydrogen-bond donors (Lipinski definition) is 2. The van der Waals surface area contributed by atoms with E-state index in [4.69, 9.17) is 4.74 Å². The standard InChI is InChI=1S/C18H19FN2O3/c1-18(2)7-6-14-15(16(18)22)11(9-20-14)17(23)21-13-5-4-10(24-3)8-12(13)19/h4-5,8-9,20H,6-7H2,1-3H3,(H,21,23). The van der Waals surface area contributed by atoms with Crippen molar-refractivity contribution in [3.8, 4) is 5.75 Å². The van der Waals surface area contributed by atoms with E-state index in [-0.39, 0.29) is 17.0 Å². The van der Waals surface area contributed by atoms with Gasteiger partial charge in [0, 0.05) is 23.4 Å². The Hall–Kier alpha value is -2.63. The van der Waals surface area contributed by atoms with Crippen LogP contribution in [0, 0.1) is 11.2 Å². The lowest BCUT2D eigenvalue weighted by molar-refractivity contribution is 0.0805. The van der Waals surface area contributed by atoms with Crippen molar-refractivity contribution in [1.82, 2.24) is 4.98 Å². The van der Waals surface area contributed by atoms with E-state index in [2.05, 4.69) is 10.3 Å². The second-order valence-corrected chi connectivity index (χ2v) is 6.57. The van der Waals surface area contributed by atoms with Crippen LogP contribution in [0.4, 0.5) is 10.1 Å². The Bertz CT molecular complexity index is 824. The molecule has 3 rings (SSSR count). The summed E-state index contributed by atoms with van der Waals surface area (Å²) in [6, 6.07) is 4.17. The third-order valence-electron chi connectivity index (χ3n) is 4.47. The molecule has 0 unspecified atom stereocenters. The van der Waals surface area contributed by atoms with Crippen LogP contribution < -0.4 is 10.1 Å². The van der Waals surface area contributed by atoms with Gasteiger partial charge in [0.25, 0.3) is 5.91 Å². The summed E-state index contributed by atoms with van der Waals surface area (Å²) in [5.41, 5.74) is 0.962. The molecule has 0 atom stereocenters. The van der Waals surface area contributed by atoms with Crippen LogP contribution in [0.5, 0.6) is 5.75 Å². The zero-order valence-electron chi connectivity index (χ0n) is 13.8. The van der Waals surface area contributed by atoms with Crippen molar-refractivity contribution in [2.24, 2.45) is 5.41 Å². The average molecular weight is 330 g/mol. The molecule has 1 aromatic carbocycles. The van der Waals surface area contributed by atoms with Gasteiger partial charge in [-0.15, -0.1) is 0 Å². The maximum Gasteiger partial charge on any atom is 0.258 e. The fourth-order valence-electron chi connectivity index (χ4n) is 2.91. The summed E-state index contributed by atoms with van der Waals surface area (Å²) >= 11 is 0. The monoisotopic (exact) mass is 330 g/mol. The first-order chi connectivity index (χ1) is 11.3. The quantitative estimate of drug-likeness (QED) is 0.904. The van der Waals surface area contributed by atoms with E-state index in [0.29, 0.717) is 17.7 Å². The molecule has 6 heteroatoms. The van der Waals surface area contributed by atoms with Gasteiger partial charge < -0.3 is 15.0 Å². The van der Waals surface area contributed by atoms with Crippen LogP contribution in [-0.2, 0) is 6.42 Å². The van der Waals surface area contributed by atoms with Crippen LogP contribution in [0.25, 0.3) is 0 Å². The number of benzene rings is 1. The zero-order valence-corrected chi connectivity index (χ0v) is 13.8. The van der Waals surface area contributed by atoms with Gasteiger partial charge in [-0.05, 0) is 25.0 Å². The summed E-state index contributed by atoms with van der Waals surface area (Å²) < 4.78 is 18.9. The number of carbonyl (C=O) groups is 2. The maximum atomic E-state index is 14.0. The number of H-pyrrole nitrogens is 1. The first-order valence-electron chi connectivity index (χ1n) is 7.73. The van der Waals surface area contributed by atoms with E-state index in [0.717, 1.165) is 12.1 Å². The number of methoxy groups -OCH3 is 1. The molecule has 0 saturated heterocycles. The lowest BCUT2D eigenvalue weighted by atomic mass is 9.74. The molecule has 1 aliphatic rings. The minimum Gasteiger partial charge on any atom is -0.497 e. The molecule has 0 spiro atoms. The third-order valence-corrected chi connectivity index (χ3v) is 4.47. The Balaban J connectivity index is 1.90. The molecule has 1 amide bonds. The van der Waals surface area contributed by atoms with Gasteiger partial charge in [0.15, 0.2) is 5.78 Å². The number of amides is 1. The number of aromatic amines is 1. The lowest BCUT2D eigenvalue weighted by Gasteiger charge is -2.28. The molecule has 0 radical (unpaired) electrons. The molecule has 1 aromatic heterocycles. The highest BCUT2D eigenvalue weighted by Gasteiger charge is 2.38. The first kappa shape index (κ1) is 16.2. The Labute approximate surface area is 139 Å². The zero-order chi connectivity index (χ0) is 17.5. The molecular weight excluding hydrogens is 311 g/mol. The number of halogens is 1. The number of aryl methyl sites for hydroxylation is 1. The minimum atomic E-state index is -0.598. The Kier molecular flexibility index (Phi) is 3.91. The summed E-state index contributed by atoms with van der Waals surface area (Å²) in [7, 11) is 1.44. The van der Waals surface area contributed by atoms with Crippen molar-refractivity contribution >= 4 is 17.4 Å². The second-order valence-electron chi connectivity index (χ2n) is 6.57. The molecule has 2 aromatic rings. The number of rotatable bonds is 3. The van der Waals surface area contributed by atoms with Crippen LogP contribution in [0.15, 0.2) is 24.4 Å². The van der Waals surface area contributed by atoms with Gasteiger partial charge in [-0.3, -0.25) is 9.59 Å². The van der Waals surface area contributed by atoms with Gasteiger partial charge >= 0.3 is 0 Å². The first-order valence-corrected chi connectivity index (χ1v) is 7.73. The number of aromatic nitrogens is 1. The molecule has 5 nitrogen and oxygen atoms in total. The van der Waals surface area contributed by atoms with Gasteiger partial charge in [0.05, 0.1) is 23.9 Å². The third kappa shape index (κ3) is 2.68. The molecule has 24 heavy (non-hydrogen) atoms. The van der Waals surface area contributed by atoms with Crippen LogP contribution in [-0.4, -0.2) is 23.8 Å². The van der Waals surface area contributed by atoms with Crippen LogP contribution in [0.1, 0.15) is 46.7 Å². The van der Waals surface area contributed by atoms with E-state index in [1.54, 1.807) is 6.07 Å². The van der Waals surface area contributed by atoms with Crippen molar-refractivity contribution in [3.63, 3.8) is 0 Å². The fraction of sp³-hybridized carbons (Fsp3) is 0.333. The summed E-state index contributed by atoms with van der Waals surface area (Å²) in [5.74, 6) is -0.812. The highest BCUT2D eigenvalue weighted by Crippen LogP contribution is 2.36. The normalized spacial score (nSPS) is 15.8. The second kappa shape index (κ2) is 5.78. The predicted molar refractivity (Wildman–Crippen MR) is 88.1 cm³/mol. The molecule has 0 aliphatic heterocycles. The van der Waals surface area contributed by atoms with E-state index in [1.165, 1.54) is 25.4 Å². The van der Waals surface area contributed by atoms with Crippen molar-refractivity contribution in [3.05, 3.63) is 47.0 Å². The van der Waals surface area contributed by atoms with Gasteiger partial charge in [0.2, 0.25) is 0 Å². The Morgan fingerprint density at radius 1 is 1.38 bits per heavy atom. The van der Waals surface area contributed by atoms with Crippen LogP contribution >= 0.6 is 0 Å². The number of nitrogens with one attached hydrogen (secondary N) is 2. The average Bonchev–Trinajstić information content (AvgIpc) is 2.97. The molecule has 1 heterocycles. The highest BCUT2D eigenvalue weighted by molar-refractivity contribution is 6.15. The summed E-state index contributed by atoms with van der Waals surface area (Å²) in [5, 5.41) is 2.52. The van der Waals surface area contributed by atoms with Crippen molar-refractivity contribution in [2.45, 2.75) is 26.7 Å². The van der Waals surface area contributed by atoms with E-state index >= 15 is 0 Å². The number of hydrogen-bond acceptors (Lipinski definition) is 3. The fourth-order valence-corrected chi connectivity index (χ4v) is 2.91. The molecule has 1 aliphatic carbocycles. The van der Waals surface area contributed by atoms with Crippen molar-refractivity contribution < 1.29 is 18.7 Å². The molecular formula is C18H19FN2O3. The van der Waals surface area contributed by atoms with E-state index in [9.17, 15) is 14.0 Å². The maximum absolute atomic E-state index is 14.0. The molecule has 0 saturated carbocycles. The van der Waals surface area contributed by atoms with E-state index in [1.807, 2.05) is 13.8 Å². The van der Waals surface area contributed by atoms with Gasteiger partial charge in [-0.2, -0.15) is 0 Å². The number of ether oxygens (including phenoxy) is 1. The topological polar surface area (TPSA) is 71.2 Å². The highest BCUT2D eigenvalue weighted by atomic mass is 19.1. The summed E-state index contributed by atoms with van der Waals surface area (Å²) in [4.78, 5) is 28.2. The Morgan fingerprint density at radius 3 is 2.79 bits per heavy atom. The molecule has 126 valence electrons. The summed E-state index contributed by atoms with van der Waals surface area (Å²) in [6.45, 7) is 3.74. The summed E-state index contributed by atoms with van der Waals surface area (Å²) in [6.07, 6.45) is 2.95. The van der Waals surface area contributed by atoms with Crippen molar-refractivity contribution in [1.29, 1.82) is 0 Å². The Morgan fingerprint density at radius 2 is 2.12 bits per heavy atom. The number of anilines is 1. The van der Waals surface area contributed by atoms with Crippen molar-refractivity contribution in [2.75, 3.05) is 12.4 Å². The van der Waals surface area contributed by atoms with Gasteiger partial charge in [0.1, 0.15) is 11.6 Å². The van der Waals surface area contributed by atoms with Crippen LogP contribution in [0.3, 0.4) is 0 Å². The predicted octanol–water partition coefficient (Wildman–Crippen LogP) is 3.57. The lowest BCUT2D eigenvalue weighted by Crippen LogP contribution is -2.31. The van der Waals surface area contributed by atoms with Gasteiger partial charge in [-0.25, -0.2) is 4.39 Å². The SMILES string of the molecule is COc1ccc(NC(=O)c2c[nH]c3c2C(=O)C(C)(C)CC3)c(F)c1. The number of carbonyl (C=O) groups excluding carboxylic acids is 2. The number of Topliss-reactive ketones (excluding diaryl/α,β-unsaturated/α-hetero) is 1. The minimum absolute atomic E-state index is 0.0401. The van der Waals surface area contributed by atoms with E-state index < -0.39 is 17.1 Å².